The first-order chi connectivity index (χ1) is 28.7. The molecule has 302 valence electrons. The van der Waals surface area contributed by atoms with Gasteiger partial charge in [0.15, 0.2) is 0 Å². The first kappa shape index (κ1) is 43.4. The van der Waals surface area contributed by atoms with Crippen molar-refractivity contribution in [3.8, 4) is 0 Å². The van der Waals surface area contributed by atoms with Crippen LogP contribution in [0, 0.1) is 0 Å². The molecular weight excluding hydrogens is 739 g/mol. The summed E-state index contributed by atoms with van der Waals surface area (Å²) in [7, 11) is -3.00. The summed E-state index contributed by atoms with van der Waals surface area (Å²) in [4.78, 5) is 17.7. The first-order valence-electron chi connectivity index (χ1n) is 22.5. The zero-order valence-electron chi connectivity index (χ0n) is 35.1. The topological polar surface area (TPSA) is 17.1 Å². The summed E-state index contributed by atoms with van der Waals surface area (Å²) in [6.45, 7) is -1.72. The molecule has 0 fully saturated rings. The van der Waals surface area contributed by atoms with Crippen LogP contribution in [-0.2, 0) is 0 Å². The molecule has 0 aliphatic rings. The summed E-state index contributed by atoms with van der Waals surface area (Å²) in [6, 6.07) is 65.4. The van der Waals surface area contributed by atoms with E-state index in [9.17, 15) is 0 Å². The molecular formula is C55H67OP2+. The molecule has 1 nitrogen and oxygen atoms in total. The molecule has 0 atom stereocenters. The molecule has 0 bridgehead atoms. The fourth-order valence-corrected chi connectivity index (χ4v) is 23.9. The third-order valence-electron chi connectivity index (χ3n) is 12.6. The van der Waals surface area contributed by atoms with Crippen LogP contribution in [0.1, 0.15) is 110 Å². The Morgan fingerprint density at radius 3 is 0.862 bits per heavy atom. The fraction of sp³-hybridized carbons (Fsp3) is 0.327. The standard InChI is InChI=1S/C55H67OP2/c1-2-3-4-5-6-7-8-9-10-11-12-13-14-15-16-35-48-58(52-42-29-20-30-43-52,53-44-31-21-32-45-53,54-46-33-22-34-47-54)55(56)57(49-36-23-17-24-37-49,50-38-25-18-26-39-50)51-40-27-19-28-41-51/h17-34,36-47H,2-16,35,48H2,1H3/q+1. The molecule has 3 heteroatoms. The molecule has 6 aromatic carbocycles. The molecule has 0 saturated carbocycles. The number of unbranched alkanes of at least 4 members (excludes halogenated alkanes) is 15. The predicted molar refractivity (Wildman–Crippen MR) is 260 cm³/mol. The monoisotopic (exact) mass is 805 g/mol. The molecule has 0 radical (unpaired) electrons. The van der Waals surface area contributed by atoms with E-state index in [1.54, 1.807) is 0 Å². The van der Waals surface area contributed by atoms with E-state index in [0.717, 1.165) is 34.9 Å². The summed E-state index contributed by atoms with van der Waals surface area (Å²) < 4.78 is 0. The number of hydrogen-bond acceptors (Lipinski definition) is 1. The van der Waals surface area contributed by atoms with Crippen LogP contribution in [-0.4, -0.2) is 11.4 Å². The SMILES string of the molecule is CCCCCCCCCCCCCCCCCCP(C(=O)[P+](c1ccccc1)(c1ccccc1)c1ccccc1)(c1ccccc1)(c1ccccc1)c1ccccc1. The Labute approximate surface area is 352 Å². The number of rotatable bonds is 25. The van der Waals surface area contributed by atoms with Gasteiger partial charge in [-0.25, -0.2) is 0 Å². The van der Waals surface area contributed by atoms with Gasteiger partial charge in [0, 0.05) is 0 Å². The van der Waals surface area contributed by atoms with E-state index in [-0.39, 0.29) is 0 Å². The van der Waals surface area contributed by atoms with Crippen LogP contribution in [0.4, 0.5) is 4.79 Å². The quantitative estimate of drug-likeness (QED) is 0.0416. The van der Waals surface area contributed by atoms with Crippen molar-refractivity contribution in [2.45, 2.75) is 110 Å². The molecule has 6 rings (SSSR count). The molecule has 0 heterocycles. The Morgan fingerprint density at radius 1 is 0.345 bits per heavy atom. The van der Waals surface area contributed by atoms with Gasteiger partial charge in [0.1, 0.15) is 0 Å². The minimum atomic E-state index is -4.01. The van der Waals surface area contributed by atoms with Crippen molar-refractivity contribution < 1.29 is 4.79 Å². The maximum atomic E-state index is 17.7. The van der Waals surface area contributed by atoms with Gasteiger partial charge < -0.3 is 0 Å². The number of carbonyl (C=O) groups excluding carboxylic acids is 1. The van der Waals surface area contributed by atoms with E-state index < -0.39 is 13.9 Å². The maximum absolute atomic E-state index is 17.7. The summed E-state index contributed by atoms with van der Waals surface area (Å²) in [5.41, 5.74) is 0. The second-order valence-corrected chi connectivity index (χ2v) is 25.0. The summed E-state index contributed by atoms with van der Waals surface area (Å²) in [5.74, 6) is 0. The van der Waals surface area contributed by atoms with Crippen LogP contribution in [0.15, 0.2) is 182 Å². The third kappa shape index (κ3) is 9.33. The second-order valence-electron chi connectivity index (χ2n) is 16.3. The van der Waals surface area contributed by atoms with Crippen LogP contribution in [0.2, 0.25) is 0 Å². The molecule has 58 heavy (non-hydrogen) atoms. The van der Waals surface area contributed by atoms with Gasteiger partial charge in [-0.1, -0.05) is 39.0 Å². The van der Waals surface area contributed by atoms with Gasteiger partial charge in [0.2, 0.25) is 0 Å². The van der Waals surface area contributed by atoms with Crippen molar-refractivity contribution in [3.05, 3.63) is 182 Å². The number of carbonyl (C=O) groups is 1. The summed E-state index contributed by atoms with van der Waals surface area (Å²) >= 11 is 0. The van der Waals surface area contributed by atoms with Gasteiger partial charge in [-0.15, -0.1) is 0 Å². The molecule has 6 aromatic rings. The van der Waals surface area contributed by atoms with Crippen molar-refractivity contribution >= 4 is 51.0 Å². The normalized spacial score (nSPS) is 12.5. The molecule has 0 N–H and O–H groups in total. The molecule has 0 aromatic heterocycles. The predicted octanol–water partition coefficient (Wildman–Crippen LogP) is 13.9. The molecule has 0 aliphatic carbocycles. The average Bonchev–Trinajstić information content (AvgIpc) is 3.30. The molecule has 0 unspecified atom stereocenters. The van der Waals surface area contributed by atoms with Crippen molar-refractivity contribution in [3.63, 3.8) is 0 Å². The van der Waals surface area contributed by atoms with Gasteiger partial charge in [0.05, 0.1) is 0 Å². The molecule has 0 amide bonds. The average molecular weight is 806 g/mol. The molecule has 0 spiro atoms. The summed E-state index contributed by atoms with van der Waals surface area (Å²) in [6.07, 6.45) is 21.9. The van der Waals surface area contributed by atoms with Crippen LogP contribution in [0.25, 0.3) is 0 Å². The van der Waals surface area contributed by atoms with E-state index in [0.29, 0.717) is 5.27 Å². The zero-order chi connectivity index (χ0) is 40.2. The van der Waals surface area contributed by atoms with Crippen LogP contribution in [0.5, 0.6) is 0 Å². The van der Waals surface area contributed by atoms with Gasteiger partial charge in [-0.05, 0) is 0 Å². The van der Waals surface area contributed by atoms with Crippen molar-refractivity contribution in [2.24, 2.45) is 0 Å². The third-order valence-corrected chi connectivity index (χ3v) is 25.0. The number of benzene rings is 6. The molecule has 0 aliphatic heterocycles. The van der Waals surface area contributed by atoms with Crippen molar-refractivity contribution in [2.75, 3.05) is 6.16 Å². The minimum absolute atomic E-state index is 0.395. The Morgan fingerprint density at radius 2 is 0.586 bits per heavy atom. The summed E-state index contributed by atoms with van der Waals surface area (Å²) in [5, 5.41) is 7.24. The van der Waals surface area contributed by atoms with Crippen molar-refractivity contribution in [1.82, 2.24) is 0 Å². The van der Waals surface area contributed by atoms with Gasteiger partial charge >= 0.3 is 315 Å². The Bertz CT molecular complexity index is 1840. The van der Waals surface area contributed by atoms with Crippen LogP contribution in [0.3, 0.4) is 0 Å². The van der Waals surface area contributed by atoms with Gasteiger partial charge in [0.25, 0.3) is 0 Å². The van der Waals surface area contributed by atoms with Crippen LogP contribution >= 0.6 is 13.9 Å². The Hall–Kier alpha value is -4.15. The van der Waals surface area contributed by atoms with E-state index in [1.165, 1.54) is 106 Å². The number of hydrogen-bond donors (Lipinski definition) is 0. The van der Waals surface area contributed by atoms with E-state index >= 15 is 4.79 Å². The fourth-order valence-electron chi connectivity index (χ4n) is 9.57. The van der Waals surface area contributed by atoms with Crippen molar-refractivity contribution in [1.29, 1.82) is 0 Å². The van der Waals surface area contributed by atoms with E-state index in [2.05, 4.69) is 189 Å². The molecule has 0 saturated heterocycles. The van der Waals surface area contributed by atoms with E-state index in [4.69, 9.17) is 0 Å². The Balaban J connectivity index is 1.39. The van der Waals surface area contributed by atoms with Crippen LogP contribution < -0.4 is 31.8 Å². The second kappa shape index (κ2) is 22.3. The van der Waals surface area contributed by atoms with Gasteiger partial charge in [-0.2, -0.15) is 0 Å². The first-order valence-corrected chi connectivity index (χ1v) is 26.7. The van der Waals surface area contributed by atoms with Gasteiger partial charge in [-0.3, -0.25) is 0 Å². The van der Waals surface area contributed by atoms with E-state index in [1.807, 2.05) is 0 Å². The Kier molecular flexibility index (Phi) is 16.7. The zero-order valence-corrected chi connectivity index (χ0v) is 36.9.